The van der Waals surface area contributed by atoms with Crippen LogP contribution in [0.1, 0.15) is 31.0 Å². The molecular weight excluding hydrogens is 260 g/mol. The molecule has 1 heterocycles. The first-order valence-corrected chi connectivity index (χ1v) is 6.58. The molecule has 0 unspecified atom stereocenters. The maximum absolute atomic E-state index is 6.07. The van der Waals surface area contributed by atoms with Crippen molar-refractivity contribution < 1.29 is 4.74 Å². The molecule has 0 spiro atoms. The van der Waals surface area contributed by atoms with Crippen LogP contribution < -0.4 is 4.74 Å². The van der Waals surface area contributed by atoms with Gasteiger partial charge in [-0.25, -0.2) is 9.97 Å². The molecule has 0 fully saturated rings. The van der Waals surface area contributed by atoms with E-state index in [0.29, 0.717) is 16.9 Å². The number of nitrogens with zero attached hydrogens (tertiary/aromatic N) is 2. The van der Waals surface area contributed by atoms with Crippen molar-refractivity contribution in [2.45, 2.75) is 26.7 Å². The van der Waals surface area contributed by atoms with Gasteiger partial charge in [-0.1, -0.05) is 25.4 Å². The molecule has 3 nitrogen and oxygen atoms in total. The van der Waals surface area contributed by atoms with Gasteiger partial charge in [0.15, 0.2) is 5.82 Å². The Bertz CT molecular complexity index is 597. The predicted molar refractivity (Wildman–Crippen MR) is 77.9 cm³/mol. The van der Waals surface area contributed by atoms with Gasteiger partial charge in [-0.15, -0.1) is 0 Å². The van der Waals surface area contributed by atoms with Crippen molar-refractivity contribution in [3.05, 3.63) is 40.7 Å². The van der Waals surface area contributed by atoms with Gasteiger partial charge in [-0.05, 0) is 42.7 Å². The van der Waals surface area contributed by atoms with Gasteiger partial charge in [-0.2, -0.15) is 0 Å². The molecule has 4 heteroatoms. The first-order chi connectivity index (χ1) is 9.01. The van der Waals surface area contributed by atoms with E-state index in [1.165, 1.54) is 0 Å². The summed E-state index contributed by atoms with van der Waals surface area (Å²) in [5, 5.41) is 0.474. The summed E-state index contributed by atoms with van der Waals surface area (Å²) in [4.78, 5) is 8.86. The van der Waals surface area contributed by atoms with E-state index < -0.39 is 0 Å². The summed E-state index contributed by atoms with van der Waals surface area (Å²) >= 11 is 6.07. The van der Waals surface area contributed by atoms with Gasteiger partial charge in [0.25, 0.3) is 0 Å². The summed E-state index contributed by atoms with van der Waals surface area (Å²) in [5.41, 5.74) is 2.95. The number of methoxy groups -OCH3 is 1. The summed E-state index contributed by atoms with van der Waals surface area (Å²) in [6, 6.07) is 7.69. The van der Waals surface area contributed by atoms with Crippen LogP contribution in [0.15, 0.2) is 24.3 Å². The number of aryl methyl sites for hydroxylation is 1. The molecule has 100 valence electrons. The van der Waals surface area contributed by atoms with Crippen LogP contribution in [0, 0.1) is 6.92 Å². The molecule has 0 aliphatic carbocycles. The number of hydrogen-bond donors (Lipinski definition) is 0. The minimum Gasteiger partial charge on any atom is -0.496 e. The van der Waals surface area contributed by atoms with Crippen LogP contribution in [0.2, 0.25) is 5.15 Å². The molecule has 1 aromatic carbocycles. The number of ether oxygens (including phenoxy) is 1. The van der Waals surface area contributed by atoms with Crippen molar-refractivity contribution in [2.24, 2.45) is 0 Å². The molecule has 0 radical (unpaired) electrons. The lowest BCUT2D eigenvalue weighted by Gasteiger charge is -2.10. The van der Waals surface area contributed by atoms with Crippen molar-refractivity contribution >= 4 is 11.6 Å². The van der Waals surface area contributed by atoms with E-state index in [4.69, 9.17) is 16.3 Å². The monoisotopic (exact) mass is 276 g/mol. The summed E-state index contributed by atoms with van der Waals surface area (Å²) < 4.78 is 5.25. The fourth-order valence-corrected chi connectivity index (χ4v) is 2.07. The Morgan fingerprint density at radius 2 is 1.89 bits per heavy atom. The van der Waals surface area contributed by atoms with E-state index in [1.807, 2.05) is 31.2 Å². The lowest BCUT2D eigenvalue weighted by atomic mass is 10.1. The second kappa shape index (κ2) is 5.57. The third kappa shape index (κ3) is 3.04. The Morgan fingerprint density at radius 1 is 1.16 bits per heavy atom. The first-order valence-electron chi connectivity index (χ1n) is 6.20. The lowest BCUT2D eigenvalue weighted by molar-refractivity contribution is 0.412. The molecule has 0 amide bonds. The zero-order valence-electron chi connectivity index (χ0n) is 11.6. The minimum absolute atomic E-state index is 0.318. The molecule has 0 N–H and O–H groups in total. The molecule has 0 aliphatic rings. The third-order valence-corrected chi connectivity index (χ3v) is 3.15. The average molecular weight is 277 g/mol. The van der Waals surface area contributed by atoms with Crippen molar-refractivity contribution in [3.8, 4) is 17.1 Å². The molecule has 0 saturated carbocycles. The maximum atomic E-state index is 6.07. The van der Waals surface area contributed by atoms with E-state index in [-0.39, 0.29) is 0 Å². The minimum atomic E-state index is 0.318. The SMILES string of the molecule is COc1ccc(-c2nc(Cl)cc(C(C)C)n2)cc1C. The largest absolute Gasteiger partial charge is 0.496 e. The van der Waals surface area contributed by atoms with Crippen LogP contribution in [0.3, 0.4) is 0 Å². The Hall–Kier alpha value is -1.61. The van der Waals surface area contributed by atoms with Crippen LogP contribution in [-0.2, 0) is 0 Å². The number of halogens is 1. The molecule has 19 heavy (non-hydrogen) atoms. The Morgan fingerprint density at radius 3 is 2.47 bits per heavy atom. The van der Waals surface area contributed by atoms with E-state index in [0.717, 1.165) is 22.6 Å². The fourth-order valence-electron chi connectivity index (χ4n) is 1.88. The highest BCUT2D eigenvalue weighted by Crippen LogP contribution is 2.26. The Labute approximate surface area is 118 Å². The van der Waals surface area contributed by atoms with Crippen LogP contribution >= 0.6 is 11.6 Å². The van der Waals surface area contributed by atoms with E-state index >= 15 is 0 Å². The number of benzene rings is 1. The van der Waals surface area contributed by atoms with Crippen molar-refractivity contribution in [1.82, 2.24) is 9.97 Å². The van der Waals surface area contributed by atoms with E-state index in [9.17, 15) is 0 Å². The quantitative estimate of drug-likeness (QED) is 0.787. The standard InChI is InChI=1S/C15H17ClN2O/c1-9(2)12-8-14(16)18-15(17-12)11-5-6-13(19-4)10(3)7-11/h5-9H,1-4H3. The highest BCUT2D eigenvalue weighted by Gasteiger charge is 2.10. The van der Waals surface area contributed by atoms with Crippen LogP contribution in [0.5, 0.6) is 5.75 Å². The summed E-state index contributed by atoms with van der Waals surface area (Å²) in [5.74, 6) is 1.83. The Balaban J connectivity index is 2.49. The molecule has 0 saturated heterocycles. The zero-order valence-corrected chi connectivity index (χ0v) is 12.3. The van der Waals surface area contributed by atoms with E-state index in [1.54, 1.807) is 7.11 Å². The normalized spacial score (nSPS) is 10.8. The molecule has 2 aromatic rings. The number of aromatic nitrogens is 2. The van der Waals surface area contributed by atoms with Crippen molar-refractivity contribution in [1.29, 1.82) is 0 Å². The number of rotatable bonds is 3. The molecule has 1 aromatic heterocycles. The van der Waals surface area contributed by atoms with Crippen molar-refractivity contribution in [2.75, 3.05) is 7.11 Å². The molecule has 0 aliphatic heterocycles. The maximum Gasteiger partial charge on any atom is 0.161 e. The summed E-state index contributed by atoms with van der Waals surface area (Å²) in [7, 11) is 1.66. The van der Waals surface area contributed by atoms with Gasteiger partial charge < -0.3 is 4.74 Å². The third-order valence-electron chi connectivity index (χ3n) is 2.96. The van der Waals surface area contributed by atoms with Crippen molar-refractivity contribution in [3.63, 3.8) is 0 Å². The summed E-state index contributed by atoms with van der Waals surface area (Å²) in [6.07, 6.45) is 0. The van der Waals surface area contributed by atoms with Gasteiger partial charge in [-0.3, -0.25) is 0 Å². The smallest absolute Gasteiger partial charge is 0.161 e. The number of hydrogen-bond acceptors (Lipinski definition) is 3. The zero-order chi connectivity index (χ0) is 14.0. The lowest BCUT2D eigenvalue weighted by Crippen LogP contribution is -1.98. The molecular formula is C15H17ClN2O. The fraction of sp³-hybridized carbons (Fsp3) is 0.333. The average Bonchev–Trinajstić information content (AvgIpc) is 2.37. The second-order valence-corrected chi connectivity index (χ2v) is 5.17. The van der Waals surface area contributed by atoms with Gasteiger partial charge in [0.1, 0.15) is 10.9 Å². The van der Waals surface area contributed by atoms with Crippen LogP contribution in [0.4, 0.5) is 0 Å². The van der Waals surface area contributed by atoms with Gasteiger partial charge in [0.05, 0.1) is 7.11 Å². The van der Waals surface area contributed by atoms with Gasteiger partial charge >= 0.3 is 0 Å². The second-order valence-electron chi connectivity index (χ2n) is 4.78. The highest BCUT2D eigenvalue weighted by atomic mass is 35.5. The van der Waals surface area contributed by atoms with Crippen LogP contribution in [-0.4, -0.2) is 17.1 Å². The van der Waals surface area contributed by atoms with Crippen LogP contribution in [0.25, 0.3) is 11.4 Å². The Kier molecular flexibility index (Phi) is 4.05. The van der Waals surface area contributed by atoms with Gasteiger partial charge in [0, 0.05) is 11.3 Å². The first kappa shape index (κ1) is 13.8. The highest BCUT2D eigenvalue weighted by molar-refractivity contribution is 6.29. The molecule has 2 rings (SSSR count). The topological polar surface area (TPSA) is 35.0 Å². The van der Waals surface area contributed by atoms with E-state index in [2.05, 4.69) is 23.8 Å². The molecule has 0 atom stereocenters. The molecule has 0 bridgehead atoms. The van der Waals surface area contributed by atoms with Gasteiger partial charge in [0.2, 0.25) is 0 Å². The summed E-state index contributed by atoms with van der Waals surface area (Å²) in [6.45, 7) is 6.17. The predicted octanol–water partition coefficient (Wildman–Crippen LogP) is 4.24.